The third-order valence-corrected chi connectivity index (χ3v) is 5.61. The molecular weight excluding hydrogens is 368 g/mol. The van der Waals surface area contributed by atoms with Crippen LogP contribution in [0.1, 0.15) is 44.9 Å². The molecule has 0 spiro atoms. The van der Waals surface area contributed by atoms with Crippen LogP contribution in [0.25, 0.3) is 0 Å². The SMILES string of the molecule is NCCC1C(Nc2nc(Cl)cc(N3CCCCCC3)n2)CCCN1C(=O)O. The van der Waals surface area contributed by atoms with Gasteiger partial charge in [-0.25, -0.2) is 9.78 Å². The molecule has 2 saturated heterocycles. The van der Waals surface area contributed by atoms with E-state index in [4.69, 9.17) is 17.3 Å². The molecule has 3 heterocycles. The van der Waals surface area contributed by atoms with Gasteiger partial charge in [0.25, 0.3) is 0 Å². The molecule has 0 aliphatic carbocycles. The Labute approximate surface area is 165 Å². The van der Waals surface area contributed by atoms with Gasteiger partial charge in [-0.3, -0.25) is 0 Å². The van der Waals surface area contributed by atoms with Crippen LogP contribution in [0.2, 0.25) is 5.15 Å². The van der Waals surface area contributed by atoms with Gasteiger partial charge in [-0.2, -0.15) is 4.98 Å². The van der Waals surface area contributed by atoms with Crippen LogP contribution in [0.15, 0.2) is 6.07 Å². The minimum atomic E-state index is -0.905. The third-order valence-electron chi connectivity index (χ3n) is 5.41. The maximum atomic E-state index is 11.6. The Bertz CT molecular complexity index is 638. The Hall–Kier alpha value is -1.80. The Kier molecular flexibility index (Phi) is 6.95. The highest BCUT2D eigenvalue weighted by Crippen LogP contribution is 2.26. The molecule has 0 bridgehead atoms. The average Bonchev–Trinajstić information content (AvgIpc) is 2.92. The van der Waals surface area contributed by atoms with Gasteiger partial charge in [0.2, 0.25) is 5.95 Å². The summed E-state index contributed by atoms with van der Waals surface area (Å²) in [5.74, 6) is 1.29. The van der Waals surface area contributed by atoms with Gasteiger partial charge in [-0.15, -0.1) is 0 Å². The molecule has 1 amide bonds. The first-order valence-corrected chi connectivity index (χ1v) is 10.2. The number of hydrogen-bond acceptors (Lipinski definition) is 6. The van der Waals surface area contributed by atoms with Crippen LogP contribution < -0.4 is 16.0 Å². The zero-order valence-electron chi connectivity index (χ0n) is 15.6. The molecule has 27 heavy (non-hydrogen) atoms. The molecule has 1 aromatic rings. The molecule has 8 nitrogen and oxygen atoms in total. The Morgan fingerprint density at radius 3 is 2.63 bits per heavy atom. The number of halogens is 1. The third kappa shape index (κ3) is 5.13. The van der Waals surface area contributed by atoms with Crippen LogP contribution >= 0.6 is 11.6 Å². The van der Waals surface area contributed by atoms with Crippen LogP contribution in [0.5, 0.6) is 0 Å². The lowest BCUT2D eigenvalue weighted by Crippen LogP contribution is -2.54. The number of likely N-dealkylation sites (tertiary alicyclic amines) is 1. The first kappa shape index (κ1) is 19.9. The van der Waals surface area contributed by atoms with Crippen molar-refractivity contribution in [2.24, 2.45) is 5.73 Å². The van der Waals surface area contributed by atoms with Gasteiger partial charge in [0.15, 0.2) is 0 Å². The summed E-state index contributed by atoms with van der Waals surface area (Å²) < 4.78 is 0. The Morgan fingerprint density at radius 2 is 1.96 bits per heavy atom. The van der Waals surface area contributed by atoms with Crippen molar-refractivity contribution in [3.05, 3.63) is 11.2 Å². The van der Waals surface area contributed by atoms with Crippen molar-refractivity contribution >= 4 is 29.5 Å². The number of rotatable bonds is 5. The van der Waals surface area contributed by atoms with E-state index in [1.165, 1.54) is 17.7 Å². The number of anilines is 2. The van der Waals surface area contributed by atoms with E-state index in [0.717, 1.165) is 44.6 Å². The highest BCUT2D eigenvalue weighted by molar-refractivity contribution is 6.29. The Morgan fingerprint density at radius 1 is 1.22 bits per heavy atom. The summed E-state index contributed by atoms with van der Waals surface area (Å²) in [6, 6.07) is 1.54. The number of nitrogens with two attached hydrogens (primary N) is 1. The number of carboxylic acid groups (broad SMARTS) is 1. The van der Waals surface area contributed by atoms with Gasteiger partial charge in [0.05, 0.1) is 6.04 Å². The second-order valence-electron chi connectivity index (χ2n) is 7.29. The molecule has 150 valence electrons. The standard InChI is InChI=1S/C18H29ClN6O2/c19-15-12-16(24-9-3-1-2-4-10-24)23-17(22-15)21-13-6-5-11-25(18(26)27)14(13)7-8-20/h12-14H,1-11,20H2,(H,26,27)(H,21,22,23). The highest BCUT2D eigenvalue weighted by atomic mass is 35.5. The number of carbonyl (C=O) groups is 1. The predicted octanol–water partition coefficient (Wildman–Crippen LogP) is 2.78. The van der Waals surface area contributed by atoms with Crippen LogP contribution in [-0.2, 0) is 0 Å². The molecule has 1 aromatic heterocycles. The molecule has 2 fully saturated rings. The molecule has 2 unspecified atom stereocenters. The molecule has 0 saturated carbocycles. The van der Waals surface area contributed by atoms with E-state index >= 15 is 0 Å². The maximum Gasteiger partial charge on any atom is 0.407 e. The largest absolute Gasteiger partial charge is 0.465 e. The number of piperidine rings is 1. The quantitative estimate of drug-likeness (QED) is 0.656. The van der Waals surface area contributed by atoms with Crippen LogP contribution in [0, 0.1) is 0 Å². The Balaban J connectivity index is 1.78. The predicted molar refractivity (Wildman–Crippen MR) is 107 cm³/mol. The summed E-state index contributed by atoms with van der Waals surface area (Å²) in [4.78, 5) is 24.3. The van der Waals surface area contributed by atoms with Gasteiger partial charge in [-0.1, -0.05) is 24.4 Å². The van der Waals surface area contributed by atoms with Crippen molar-refractivity contribution in [2.45, 2.75) is 57.0 Å². The summed E-state index contributed by atoms with van der Waals surface area (Å²) in [6.45, 7) is 2.91. The van der Waals surface area contributed by atoms with Gasteiger partial charge in [0.1, 0.15) is 11.0 Å². The average molecular weight is 397 g/mol. The van der Waals surface area contributed by atoms with Crippen LogP contribution in [0.3, 0.4) is 0 Å². The van der Waals surface area contributed by atoms with Gasteiger partial charge in [0, 0.05) is 31.7 Å². The zero-order valence-corrected chi connectivity index (χ0v) is 16.4. The smallest absolute Gasteiger partial charge is 0.407 e. The number of nitrogens with zero attached hydrogens (tertiary/aromatic N) is 4. The first-order valence-electron chi connectivity index (χ1n) is 9.84. The summed E-state index contributed by atoms with van der Waals surface area (Å²) in [5, 5.41) is 13.2. The minimum Gasteiger partial charge on any atom is -0.465 e. The maximum absolute atomic E-state index is 11.6. The fourth-order valence-electron chi connectivity index (χ4n) is 4.09. The fourth-order valence-corrected chi connectivity index (χ4v) is 4.27. The summed E-state index contributed by atoms with van der Waals surface area (Å²) >= 11 is 6.26. The van der Waals surface area contributed by atoms with Crippen molar-refractivity contribution < 1.29 is 9.90 Å². The van der Waals surface area contributed by atoms with E-state index in [1.807, 2.05) is 0 Å². The number of hydrogen-bond donors (Lipinski definition) is 3. The first-order chi connectivity index (χ1) is 13.1. The zero-order chi connectivity index (χ0) is 19.2. The van der Waals surface area contributed by atoms with Crippen LogP contribution in [0.4, 0.5) is 16.6 Å². The second-order valence-corrected chi connectivity index (χ2v) is 7.67. The van der Waals surface area contributed by atoms with Crippen molar-refractivity contribution in [1.29, 1.82) is 0 Å². The lowest BCUT2D eigenvalue weighted by Gasteiger charge is -2.40. The lowest BCUT2D eigenvalue weighted by molar-refractivity contribution is 0.0983. The molecule has 9 heteroatoms. The van der Waals surface area contributed by atoms with Crippen molar-refractivity contribution in [2.75, 3.05) is 36.4 Å². The van der Waals surface area contributed by atoms with E-state index in [1.54, 1.807) is 6.07 Å². The van der Waals surface area contributed by atoms with E-state index in [-0.39, 0.29) is 12.1 Å². The highest BCUT2D eigenvalue weighted by Gasteiger charge is 2.34. The molecular formula is C18H29ClN6O2. The van der Waals surface area contributed by atoms with Crippen molar-refractivity contribution in [3.63, 3.8) is 0 Å². The fraction of sp³-hybridized carbons (Fsp3) is 0.722. The molecule has 2 atom stereocenters. The molecule has 0 radical (unpaired) electrons. The van der Waals surface area contributed by atoms with Crippen molar-refractivity contribution in [3.8, 4) is 0 Å². The van der Waals surface area contributed by atoms with E-state index < -0.39 is 6.09 Å². The number of aromatic nitrogens is 2. The van der Waals surface area contributed by atoms with E-state index in [9.17, 15) is 9.90 Å². The molecule has 0 aromatic carbocycles. The van der Waals surface area contributed by atoms with E-state index in [2.05, 4.69) is 20.2 Å². The normalized spacial score (nSPS) is 23.8. The van der Waals surface area contributed by atoms with Gasteiger partial charge in [-0.05, 0) is 38.6 Å². The van der Waals surface area contributed by atoms with E-state index in [0.29, 0.717) is 30.6 Å². The second kappa shape index (κ2) is 9.41. The number of nitrogens with one attached hydrogen (secondary N) is 1. The molecule has 2 aliphatic rings. The molecule has 2 aliphatic heterocycles. The topological polar surface area (TPSA) is 108 Å². The van der Waals surface area contributed by atoms with Crippen LogP contribution in [-0.4, -0.2) is 64.3 Å². The van der Waals surface area contributed by atoms with Gasteiger partial charge < -0.3 is 26.0 Å². The number of amides is 1. The minimum absolute atomic E-state index is 0.0751. The van der Waals surface area contributed by atoms with Gasteiger partial charge >= 0.3 is 6.09 Å². The lowest BCUT2D eigenvalue weighted by atomic mass is 9.94. The molecule has 3 rings (SSSR count). The summed E-state index contributed by atoms with van der Waals surface area (Å²) in [7, 11) is 0. The summed E-state index contributed by atoms with van der Waals surface area (Å²) in [6.07, 6.45) is 6.13. The van der Waals surface area contributed by atoms with Crippen molar-refractivity contribution in [1.82, 2.24) is 14.9 Å². The summed E-state index contributed by atoms with van der Waals surface area (Å²) in [5.41, 5.74) is 5.73. The molecule has 4 N–H and O–H groups in total. The monoisotopic (exact) mass is 396 g/mol.